The fourth-order valence-electron chi connectivity index (χ4n) is 2.67. The number of unbranched alkanes of at least 4 members (excludes halogenated alkanes) is 3. The summed E-state index contributed by atoms with van der Waals surface area (Å²) in [5, 5.41) is 6.41. The summed E-state index contributed by atoms with van der Waals surface area (Å²) in [6, 6.07) is 4.02. The van der Waals surface area contributed by atoms with Gasteiger partial charge in [0.1, 0.15) is 5.69 Å². The summed E-state index contributed by atoms with van der Waals surface area (Å²) in [5.41, 5.74) is 2.73. The number of ether oxygens (including phenoxy) is 1. The topological polar surface area (TPSA) is 84.3 Å². The number of rotatable bonds is 13. The average Bonchev–Trinajstić information content (AvgIpc) is 2.71. The smallest absolute Gasteiger partial charge is 0.224 e. The van der Waals surface area contributed by atoms with Crippen LogP contribution in [0.25, 0.3) is 0 Å². The molecule has 8 heteroatoms. The van der Waals surface area contributed by atoms with E-state index in [1.54, 1.807) is 19.4 Å². The second-order valence-electron chi connectivity index (χ2n) is 6.49. The minimum Gasteiger partial charge on any atom is -0.480 e. The molecule has 0 spiro atoms. The predicted octanol–water partition coefficient (Wildman–Crippen LogP) is 4.46. The highest BCUT2D eigenvalue weighted by atomic mass is 35.5. The van der Waals surface area contributed by atoms with E-state index in [1.807, 2.05) is 25.3 Å². The Balaban J connectivity index is 1.55. The molecule has 0 saturated carbocycles. The number of hydrogen-bond acceptors (Lipinski definition) is 7. The van der Waals surface area contributed by atoms with E-state index in [-0.39, 0.29) is 5.28 Å². The van der Waals surface area contributed by atoms with Crippen molar-refractivity contribution in [1.82, 2.24) is 20.3 Å². The average molecular weight is 417 g/mol. The van der Waals surface area contributed by atoms with Crippen molar-refractivity contribution in [3.05, 3.63) is 53.5 Å². The van der Waals surface area contributed by atoms with Gasteiger partial charge in [-0.2, -0.15) is 4.98 Å². The molecule has 0 aromatic carbocycles. The highest BCUT2D eigenvalue weighted by molar-refractivity contribution is 6.28. The van der Waals surface area contributed by atoms with Crippen LogP contribution >= 0.6 is 11.6 Å². The van der Waals surface area contributed by atoms with Gasteiger partial charge in [-0.1, -0.05) is 0 Å². The minimum atomic E-state index is 0.222. The van der Waals surface area contributed by atoms with E-state index in [4.69, 9.17) is 16.3 Å². The number of pyridine rings is 1. The van der Waals surface area contributed by atoms with Crippen molar-refractivity contribution in [1.29, 1.82) is 0 Å². The van der Waals surface area contributed by atoms with Gasteiger partial charge in [-0.25, -0.2) is 4.98 Å². The molecule has 2 aromatic rings. The molecule has 0 atom stereocenters. The first-order valence-electron chi connectivity index (χ1n) is 9.79. The van der Waals surface area contributed by atoms with Crippen LogP contribution in [0.2, 0.25) is 5.28 Å². The van der Waals surface area contributed by atoms with Crippen molar-refractivity contribution in [2.75, 3.05) is 25.5 Å². The number of nitrogens with one attached hydrogen (secondary N) is 2. The lowest BCUT2D eigenvalue weighted by Crippen LogP contribution is -2.18. The van der Waals surface area contributed by atoms with E-state index in [0.717, 1.165) is 50.0 Å². The first-order valence-corrected chi connectivity index (χ1v) is 10.2. The van der Waals surface area contributed by atoms with Gasteiger partial charge in [0, 0.05) is 32.2 Å². The van der Waals surface area contributed by atoms with Crippen LogP contribution in [0.5, 0.6) is 0 Å². The Morgan fingerprint density at radius 2 is 2.03 bits per heavy atom. The Labute approximate surface area is 177 Å². The lowest BCUT2D eigenvalue weighted by atomic mass is 10.2. The molecule has 2 aromatic heterocycles. The van der Waals surface area contributed by atoms with Gasteiger partial charge in [0.15, 0.2) is 11.7 Å². The summed E-state index contributed by atoms with van der Waals surface area (Å²) in [7, 11) is 1.79. The van der Waals surface area contributed by atoms with E-state index < -0.39 is 0 Å². The number of anilines is 1. The Morgan fingerprint density at radius 1 is 1.24 bits per heavy atom. The largest absolute Gasteiger partial charge is 0.480 e. The third-order valence-corrected chi connectivity index (χ3v) is 4.40. The third kappa shape index (κ3) is 8.48. The zero-order chi connectivity index (χ0) is 20.9. The number of aromatic nitrogens is 3. The summed E-state index contributed by atoms with van der Waals surface area (Å²) in [4.78, 5) is 16.8. The lowest BCUT2D eigenvalue weighted by molar-refractivity contribution is 0.187. The van der Waals surface area contributed by atoms with Crippen LogP contribution in [0.4, 0.5) is 11.5 Å². The van der Waals surface area contributed by atoms with Gasteiger partial charge < -0.3 is 15.4 Å². The summed E-state index contributed by atoms with van der Waals surface area (Å²) in [6.07, 6.45) is 10.4. The van der Waals surface area contributed by atoms with E-state index >= 15 is 0 Å². The van der Waals surface area contributed by atoms with Crippen molar-refractivity contribution < 1.29 is 4.74 Å². The Kier molecular flexibility index (Phi) is 9.92. The normalized spacial score (nSPS) is 10.9. The van der Waals surface area contributed by atoms with E-state index in [2.05, 4.69) is 37.2 Å². The quantitative estimate of drug-likeness (QED) is 0.217. The monoisotopic (exact) mass is 416 g/mol. The van der Waals surface area contributed by atoms with Crippen molar-refractivity contribution in [3.8, 4) is 0 Å². The fourth-order valence-corrected chi connectivity index (χ4v) is 2.89. The number of hydrogen-bond donors (Lipinski definition) is 2. The molecular formula is C21H29ClN6O. The maximum Gasteiger partial charge on any atom is 0.224 e. The molecule has 0 aliphatic heterocycles. The fraction of sp³-hybridized carbons (Fsp3) is 0.429. The molecule has 2 rings (SSSR count). The molecule has 29 heavy (non-hydrogen) atoms. The summed E-state index contributed by atoms with van der Waals surface area (Å²) < 4.78 is 5.62. The molecule has 0 saturated heterocycles. The van der Waals surface area contributed by atoms with E-state index in [1.165, 1.54) is 5.56 Å². The summed E-state index contributed by atoms with van der Waals surface area (Å²) in [6.45, 7) is 7.23. The molecule has 0 aliphatic carbocycles. The van der Waals surface area contributed by atoms with Crippen LogP contribution in [0.15, 0.2) is 42.0 Å². The highest BCUT2D eigenvalue weighted by Crippen LogP contribution is 2.26. The molecule has 0 amide bonds. The molecule has 2 N–H and O–H groups in total. The van der Waals surface area contributed by atoms with Crippen LogP contribution < -0.4 is 10.6 Å². The minimum absolute atomic E-state index is 0.222. The SMILES string of the molecule is C=C(NCCc1ccncc1)OCCCCCC=Nc1c(C)nc(Cl)nc1NC. The number of halogens is 1. The van der Waals surface area contributed by atoms with Gasteiger partial charge in [-0.3, -0.25) is 9.98 Å². The lowest BCUT2D eigenvalue weighted by Gasteiger charge is -2.11. The zero-order valence-corrected chi connectivity index (χ0v) is 17.9. The second-order valence-corrected chi connectivity index (χ2v) is 6.83. The van der Waals surface area contributed by atoms with Crippen molar-refractivity contribution in [2.45, 2.75) is 39.0 Å². The standard InChI is InChI=1S/C21H29ClN6O/c1-16-19(20(23-3)28-21(22)27-16)26-11-6-4-5-7-15-29-17(2)25-14-10-18-8-12-24-13-9-18/h8-9,11-13,25H,2,4-7,10,14-15H2,1,3H3,(H,23,27,28). The molecule has 0 fully saturated rings. The van der Waals surface area contributed by atoms with Gasteiger partial charge in [-0.05, 0) is 74.9 Å². The molecule has 0 unspecified atom stereocenters. The van der Waals surface area contributed by atoms with Crippen LogP contribution in [0.3, 0.4) is 0 Å². The molecule has 2 heterocycles. The van der Waals surface area contributed by atoms with Gasteiger partial charge in [0.2, 0.25) is 5.28 Å². The molecule has 0 aliphatic rings. The van der Waals surface area contributed by atoms with Gasteiger partial charge in [0.05, 0.1) is 12.3 Å². The van der Waals surface area contributed by atoms with Crippen molar-refractivity contribution >= 4 is 29.3 Å². The molecule has 156 valence electrons. The Bertz CT molecular complexity index is 797. The Morgan fingerprint density at radius 3 is 2.79 bits per heavy atom. The van der Waals surface area contributed by atoms with Crippen LogP contribution in [-0.2, 0) is 11.2 Å². The number of nitrogens with zero attached hydrogens (tertiary/aromatic N) is 4. The first-order chi connectivity index (χ1) is 14.1. The van der Waals surface area contributed by atoms with E-state index in [9.17, 15) is 0 Å². The molecule has 7 nitrogen and oxygen atoms in total. The van der Waals surface area contributed by atoms with Crippen LogP contribution in [0.1, 0.15) is 36.9 Å². The molecule has 0 bridgehead atoms. The molecule has 0 radical (unpaired) electrons. The highest BCUT2D eigenvalue weighted by Gasteiger charge is 2.07. The van der Waals surface area contributed by atoms with Gasteiger partial charge in [-0.15, -0.1) is 0 Å². The molecular weight excluding hydrogens is 388 g/mol. The van der Waals surface area contributed by atoms with Gasteiger partial charge >= 0.3 is 0 Å². The zero-order valence-electron chi connectivity index (χ0n) is 17.1. The third-order valence-electron chi connectivity index (χ3n) is 4.23. The van der Waals surface area contributed by atoms with Crippen LogP contribution in [0, 0.1) is 6.92 Å². The number of aryl methyl sites for hydroxylation is 1. The van der Waals surface area contributed by atoms with E-state index in [0.29, 0.717) is 18.3 Å². The second kappa shape index (κ2) is 12.7. The maximum absolute atomic E-state index is 5.87. The van der Waals surface area contributed by atoms with Crippen LogP contribution in [-0.4, -0.2) is 41.4 Å². The summed E-state index contributed by atoms with van der Waals surface area (Å²) in [5.74, 6) is 1.26. The first kappa shape index (κ1) is 22.6. The Hall–Kier alpha value is -2.67. The summed E-state index contributed by atoms with van der Waals surface area (Å²) >= 11 is 5.87. The number of aliphatic imine (C=N–C) groups is 1. The van der Waals surface area contributed by atoms with Crippen molar-refractivity contribution in [2.24, 2.45) is 4.99 Å². The maximum atomic E-state index is 5.87. The van der Waals surface area contributed by atoms with Gasteiger partial charge in [0.25, 0.3) is 0 Å². The predicted molar refractivity (Wildman–Crippen MR) is 119 cm³/mol. The van der Waals surface area contributed by atoms with Crippen molar-refractivity contribution in [3.63, 3.8) is 0 Å².